The molecule has 2 rings (SSSR count). The normalized spacial score (nSPS) is 10.5. The van der Waals surface area contributed by atoms with Gasteiger partial charge in [0.25, 0.3) is 5.91 Å². The van der Waals surface area contributed by atoms with Crippen LogP contribution in [0.25, 0.3) is 0 Å². The Balaban J connectivity index is 2.13. The number of hydrogen-bond acceptors (Lipinski definition) is 2. The van der Waals surface area contributed by atoms with Crippen LogP contribution in [0.5, 0.6) is 0 Å². The highest BCUT2D eigenvalue weighted by atomic mass is 35.5. The third-order valence-corrected chi connectivity index (χ3v) is 3.20. The van der Waals surface area contributed by atoms with Crippen molar-refractivity contribution in [3.63, 3.8) is 0 Å². The summed E-state index contributed by atoms with van der Waals surface area (Å²) < 4.78 is 1.60. The van der Waals surface area contributed by atoms with Gasteiger partial charge in [0.1, 0.15) is 5.69 Å². The first kappa shape index (κ1) is 13.6. The highest BCUT2D eigenvalue weighted by Gasteiger charge is 2.12. The predicted molar refractivity (Wildman–Crippen MR) is 76.5 cm³/mol. The first-order valence-electron chi connectivity index (χ1n) is 6.13. The van der Waals surface area contributed by atoms with E-state index in [4.69, 9.17) is 11.6 Å². The van der Waals surface area contributed by atoms with E-state index in [9.17, 15) is 4.79 Å². The molecule has 0 saturated carbocycles. The summed E-state index contributed by atoms with van der Waals surface area (Å²) in [5, 5.41) is 7.10. The third kappa shape index (κ3) is 3.15. The quantitative estimate of drug-likeness (QED) is 0.874. The molecule has 4 nitrogen and oxygen atoms in total. The molecule has 0 fully saturated rings. The van der Waals surface area contributed by atoms with E-state index >= 15 is 0 Å². The van der Waals surface area contributed by atoms with Gasteiger partial charge in [0.15, 0.2) is 0 Å². The monoisotopic (exact) mass is 277 g/mol. The molecule has 2 aromatic rings. The summed E-state index contributed by atoms with van der Waals surface area (Å²) in [6.45, 7) is 2.01. The average Bonchev–Trinajstić information content (AvgIpc) is 2.81. The Morgan fingerprint density at radius 3 is 2.58 bits per heavy atom. The van der Waals surface area contributed by atoms with Crippen molar-refractivity contribution in [1.82, 2.24) is 9.78 Å². The minimum Gasteiger partial charge on any atom is -0.321 e. The van der Waals surface area contributed by atoms with Gasteiger partial charge in [-0.1, -0.05) is 19.1 Å². The molecule has 1 amide bonds. The van der Waals surface area contributed by atoms with Crippen molar-refractivity contribution >= 4 is 23.2 Å². The minimum absolute atomic E-state index is 0.159. The summed E-state index contributed by atoms with van der Waals surface area (Å²) in [6, 6.07) is 9.27. The standard InChI is InChI=1S/C14H16ClN3O/c1-3-11-8-13(18(2)17-11)14(19)16-12-6-4-10(9-15)5-7-12/h4-8H,3,9H2,1-2H3,(H,16,19). The molecule has 19 heavy (non-hydrogen) atoms. The summed E-state index contributed by atoms with van der Waals surface area (Å²) >= 11 is 5.72. The lowest BCUT2D eigenvalue weighted by molar-refractivity contribution is 0.101. The van der Waals surface area contributed by atoms with E-state index in [0.717, 1.165) is 23.4 Å². The largest absolute Gasteiger partial charge is 0.321 e. The Morgan fingerprint density at radius 2 is 2.05 bits per heavy atom. The van der Waals surface area contributed by atoms with Crippen LogP contribution >= 0.6 is 11.6 Å². The molecule has 0 saturated heterocycles. The molecule has 1 N–H and O–H groups in total. The van der Waals surface area contributed by atoms with Gasteiger partial charge in [-0.25, -0.2) is 0 Å². The van der Waals surface area contributed by atoms with Crippen molar-refractivity contribution < 1.29 is 4.79 Å². The van der Waals surface area contributed by atoms with Crippen molar-refractivity contribution in [3.8, 4) is 0 Å². The highest BCUT2D eigenvalue weighted by Crippen LogP contribution is 2.13. The third-order valence-electron chi connectivity index (χ3n) is 2.89. The molecule has 1 aromatic carbocycles. The lowest BCUT2D eigenvalue weighted by atomic mass is 10.2. The number of rotatable bonds is 4. The number of nitrogens with zero attached hydrogens (tertiary/aromatic N) is 2. The fraction of sp³-hybridized carbons (Fsp3) is 0.286. The SMILES string of the molecule is CCc1cc(C(=O)Nc2ccc(CCl)cc2)n(C)n1. The number of amides is 1. The van der Waals surface area contributed by atoms with Gasteiger partial charge in [-0.15, -0.1) is 11.6 Å². The molecule has 0 radical (unpaired) electrons. The summed E-state index contributed by atoms with van der Waals surface area (Å²) in [7, 11) is 1.77. The van der Waals surface area contributed by atoms with Crippen molar-refractivity contribution in [2.75, 3.05) is 5.32 Å². The Hall–Kier alpha value is -1.81. The summed E-state index contributed by atoms with van der Waals surface area (Å²) in [4.78, 5) is 12.1. The number of anilines is 1. The molecular weight excluding hydrogens is 262 g/mol. The smallest absolute Gasteiger partial charge is 0.273 e. The van der Waals surface area contributed by atoms with Crippen LogP contribution in [0.4, 0.5) is 5.69 Å². The van der Waals surface area contributed by atoms with Gasteiger partial charge in [0, 0.05) is 18.6 Å². The van der Waals surface area contributed by atoms with Crippen molar-refractivity contribution in [3.05, 3.63) is 47.3 Å². The lowest BCUT2D eigenvalue weighted by Gasteiger charge is -2.05. The van der Waals surface area contributed by atoms with Crippen LogP contribution in [-0.2, 0) is 19.3 Å². The molecule has 100 valence electrons. The number of carbonyl (C=O) groups is 1. The van der Waals surface area contributed by atoms with E-state index < -0.39 is 0 Å². The fourth-order valence-corrected chi connectivity index (χ4v) is 1.96. The Morgan fingerprint density at radius 1 is 1.37 bits per heavy atom. The molecule has 0 aliphatic rings. The molecule has 0 unspecified atom stereocenters. The zero-order chi connectivity index (χ0) is 13.8. The van der Waals surface area contributed by atoms with Gasteiger partial charge in [-0.3, -0.25) is 9.48 Å². The first-order valence-corrected chi connectivity index (χ1v) is 6.66. The van der Waals surface area contributed by atoms with Crippen molar-refractivity contribution in [2.45, 2.75) is 19.2 Å². The van der Waals surface area contributed by atoms with Crippen LogP contribution < -0.4 is 5.32 Å². The van der Waals surface area contributed by atoms with Crippen molar-refractivity contribution in [1.29, 1.82) is 0 Å². The first-order chi connectivity index (χ1) is 9.13. The van der Waals surface area contributed by atoms with E-state index in [-0.39, 0.29) is 5.91 Å². The van der Waals surface area contributed by atoms with Gasteiger partial charge >= 0.3 is 0 Å². The van der Waals surface area contributed by atoms with Gasteiger partial charge in [-0.2, -0.15) is 5.10 Å². The van der Waals surface area contributed by atoms with E-state index in [1.165, 1.54) is 0 Å². The molecular formula is C14H16ClN3O. The van der Waals surface area contributed by atoms with Crippen LogP contribution in [-0.4, -0.2) is 15.7 Å². The van der Waals surface area contributed by atoms with Crippen LogP contribution in [0.1, 0.15) is 28.7 Å². The molecule has 0 aliphatic heterocycles. The van der Waals surface area contributed by atoms with Gasteiger partial charge in [0.05, 0.1) is 5.69 Å². The predicted octanol–water partition coefficient (Wildman–Crippen LogP) is 2.97. The van der Waals surface area contributed by atoms with Gasteiger partial charge in [0.2, 0.25) is 0 Å². The van der Waals surface area contributed by atoms with Gasteiger partial charge < -0.3 is 5.32 Å². The summed E-state index contributed by atoms with van der Waals surface area (Å²) in [5.74, 6) is 0.309. The molecule has 1 heterocycles. The molecule has 0 spiro atoms. The Kier molecular flexibility index (Phi) is 4.22. The number of halogens is 1. The highest BCUT2D eigenvalue weighted by molar-refractivity contribution is 6.17. The van der Waals surface area contributed by atoms with Crippen molar-refractivity contribution in [2.24, 2.45) is 7.05 Å². The summed E-state index contributed by atoms with van der Waals surface area (Å²) in [5.41, 5.74) is 3.23. The zero-order valence-electron chi connectivity index (χ0n) is 11.0. The number of aryl methyl sites for hydroxylation is 2. The van der Waals surface area contributed by atoms with E-state index in [1.54, 1.807) is 11.7 Å². The fourth-order valence-electron chi connectivity index (χ4n) is 1.78. The molecule has 1 aromatic heterocycles. The van der Waals surface area contributed by atoms with Gasteiger partial charge in [-0.05, 0) is 30.2 Å². The van der Waals surface area contributed by atoms with E-state index in [1.807, 2.05) is 37.3 Å². The zero-order valence-corrected chi connectivity index (χ0v) is 11.7. The second-order valence-electron chi connectivity index (χ2n) is 4.28. The maximum absolute atomic E-state index is 12.1. The number of carbonyl (C=O) groups excluding carboxylic acids is 1. The number of alkyl halides is 1. The minimum atomic E-state index is -0.159. The second-order valence-corrected chi connectivity index (χ2v) is 4.55. The number of nitrogens with one attached hydrogen (secondary N) is 1. The maximum Gasteiger partial charge on any atom is 0.273 e. The van der Waals surface area contributed by atoms with Crippen LogP contribution in [0.2, 0.25) is 0 Å². The Labute approximate surface area is 117 Å². The van der Waals surface area contributed by atoms with Crippen LogP contribution in [0.15, 0.2) is 30.3 Å². The number of benzene rings is 1. The molecule has 0 bridgehead atoms. The molecule has 5 heteroatoms. The van der Waals surface area contributed by atoms with E-state index in [0.29, 0.717) is 11.6 Å². The topological polar surface area (TPSA) is 46.9 Å². The maximum atomic E-state index is 12.1. The number of aromatic nitrogens is 2. The average molecular weight is 278 g/mol. The van der Waals surface area contributed by atoms with Crippen LogP contribution in [0.3, 0.4) is 0 Å². The van der Waals surface area contributed by atoms with Crippen LogP contribution in [0, 0.1) is 0 Å². The Bertz CT molecular complexity index is 575. The van der Waals surface area contributed by atoms with E-state index in [2.05, 4.69) is 10.4 Å². The lowest BCUT2D eigenvalue weighted by Crippen LogP contribution is -2.15. The molecule has 0 atom stereocenters. The number of hydrogen-bond donors (Lipinski definition) is 1. The molecule has 0 aliphatic carbocycles. The second kappa shape index (κ2) is 5.89. The summed E-state index contributed by atoms with van der Waals surface area (Å²) in [6.07, 6.45) is 0.811.